The van der Waals surface area contributed by atoms with Crippen LogP contribution in [0, 0.1) is 0 Å². The van der Waals surface area contributed by atoms with Gasteiger partial charge in [-0.2, -0.15) is 0 Å². The lowest BCUT2D eigenvalue weighted by Crippen LogP contribution is -2.18. The molecule has 1 aromatic heterocycles. The Balaban J connectivity index is 2.37. The van der Waals surface area contributed by atoms with Gasteiger partial charge >= 0.3 is 0 Å². The van der Waals surface area contributed by atoms with Crippen molar-refractivity contribution in [3.8, 4) is 0 Å². The van der Waals surface area contributed by atoms with Gasteiger partial charge in [-0.25, -0.2) is 9.97 Å². The van der Waals surface area contributed by atoms with Gasteiger partial charge in [-0.3, -0.25) is 0 Å². The van der Waals surface area contributed by atoms with Gasteiger partial charge in [-0.1, -0.05) is 22.0 Å². The van der Waals surface area contributed by atoms with E-state index in [1.807, 2.05) is 0 Å². The molecule has 0 amide bonds. The molecule has 0 bridgehead atoms. The Morgan fingerprint density at radius 2 is 2.06 bits per heavy atom. The molecule has 0 saturated carbocycles. The predicted molar refractivity (Wildman–Crippen MR) is 73.3 cm³/mol. The van der Waals surface area contributed by atoms with E-state index < -0.39 is 12.2 Å². The fraction of sp³-hybridized carbons (Fsp3) is 0.333. The molecule has 2 aromatic rings. The zero-order valence-electron chi connectivity index (χ0n) is 9.62. The molecule has 2 rings (SSSR count). The second-order valence-corrected chi connectivity index (χ2v) is 4.82. The van der Waals surface area contributed by atoms with Crippen molar-refractivity contribution in [1.29, 1.82) is 0 Å². The third-order valence-corrected chi connectivity index (χ3v) is 3.26. The second-order valence-electron chi connectivity index (χ2n) is 4.03. The normalized spacial score (nSPS) is 14.6. The predicted octanol–water partition coefficient (Wildman–Crippen LogP) is 1.39. The van der Waals surface area contributed by atoms with Gasteiger partial charge in [0.2, 0.25) is 0 Å². The third kappa shape index (κ3) is 2.60. The van der Waals surface area contributed by atoms with E-state index >= 15 is 0 Å². The monoisotopic (exact) mass is 311 g/mol. The second kappa shape index (κ2) is 5.60. The summed E-state index contributed by atoms with van der Waals surface area (Å²) in [6, 6.07) is 5.20. The fourth-order valence-corrected chi connectivity index (χ4v) is 2.24. The van der Waals surface area contributed by atoms with E-state index in [2.05, 4.69) is 25.9 Å². The average molecular weight is 312 g/mol. The standard InChI is InChI=1S/C12H14BrN3O2/c13-4-3-10(17)11(18)7-1-2-9-8(5-7)12(14)16-6-15-9/h1-2,5-6,10-11,17-18H,3-4H2,(H2,14,15,16). The maximum absolute atomic E-state index is 10.0. The smallest absolute Gasteiger partial charge is 0.134 e. The third-order valence-electron chi connectivity index (χ3n) is 2.80. The van der Waals surface area contributed by atoms with E-state index in [9.17, 15) is 10.2 Å². The number of halogens is 1. The van der Waals surface area contributed by atoms with Crippen molar-refractivity contribution in [1.82, 2.24) is 9.97 Å². The lowest BCUT2D eigenvalue weighted by molar-refractivity contribution is 0.0174. The summed E-state index contributed by atoms with van der Waals surface area (Å²) in [7, 11) is 0. The van der Waals surface area contributed by atoms with Crippen LogP contribution in [0.5, 0.6) is 0 Å². The fourth-order valence-electron chi connectivity index (χ4n) is 1.77. The summed E-state index contributed by atoms with van der Waals surface area (Å²) in [5, 5.41) is 21.1. The minimum Gasteiger partial charge on any atom is -0.390 e. The van der Waals surface area contributed by atoms with Gasteiger partial charge in [0.1, 0.15) is 18.2 Å². The van der Waals surface area contributed by atoms with Crippen LogP contribution in [0.15, 0.2) is 24.5 Å². The number of benzene rings is 1. The van der Waals surface area contributed by atoms with Crippen LogP contribution >= 0.6 is 15.9 Å². The summed E-state index contributed by atoms with van der Waals surface area (Å²) in [4.78, 5) is 7.98. The number of aliphatic hydroxyl groups is 2. The highest BCUT2D eigenvalue weighted by Gasteiger charge is 2.18. The van der Waals surface area contributed by atoms with Gasteiger partial charge < -0.3 is 15.9 Å². The lowest BCUT2D eigenvalue weighted by Gasteiger charge is -2.17. The molecule has 96 valence electrons. The van der Waals surface area contributed by atoms with Crippen molar-refractivity contribution < 1.29 is 10.2 Å². The zero-order chi connectivity index (χ0) is 13.1. The van der Waals surface area contributed by atoms with E-state index in [-0.39, 0.29) is 0 Å². The SMILES string of the molecule is Nc1ncnc2ccc(C(O)C(O)CCBr)cc12. The summed E-state index contributed by atoms with van der Waals surface area (Å²) in [6.07, 6.45) is 0.118. The van der Waals surface area contributed by atoms with Crippen molar-refractivity contribution in [2.45, 2.75) is 18.6 Å². The lowest BCUT2D eigenvalue weighted by atomic mass is 10.0. The number of nitrogens with two attached hydrogens (primary N) is 1. The Kier molecular flexibility index (Phi) is 4.11. The number of alkyl halides is 1. The number of fused-ring (bicyclic) bond motifs is 1. The number of nitrogens with zero attached hydrogens (tertiary/aromatic N) is 2. The molecule has 1 aromatic carbocycles. The number of hydrogen-bond donors (Lipinski definition) is 3. The summed E-state index contributed by atoms with van der Waals surface area (Å²) in [5.74, 6) is 0.365. The largest absolute Gasteiger partial charge is 0.390 e. The minimum atomic E-state index is -0.938. The van der Waals surface area contributed by atoms with E-state index in [4.69, 9.17) is 5.73 Å². The molecule has 0 fully saturated rings. The number of rotatable bonds is 4. The quantitative estimate of drug-likeness (QED) is 0.742. The highest BCUT2D eigenvalue weighted by atomic mass is 79.9. The molecule has 2 unspecified atom stereocenters. The van der Waals surface area contributed by atoms with E-state index in [0.29, 0.717) is 34.0 Å². The topological polar surface area (TPSA) is 92.3 Å². The van der Waals surface area contributed by atoms with Gasteiger partial charge in [0.05, 0.1) is 11.6 Å². The summed E-state index contributed by atoms with van der Waals surface area (Å²) >= 11 is 3.23. The molecule has 0 radical (unpaired) electrons. The van der Waals surface area contributed by atoms with E-state index in [1.165, 1.54) is 6.33 Å². The number of aromatic nitrogens is 2. The van der Waals surface area contributed by atoms with Crippen molar-refractivity contribution in [3.05, 3.63) is 30.1 Å². The van der Waals surface area contributed by atoms with Crippen molar-refractivity contribution in [3.63, 3.8) is 0 Å². The molecule has 0 aliphatic rings. The molecular weight excluding hydrogens is 298 g/mol. The first kappa shape index (κ1) is 13.2. The molecule has 1 heterocycles. The van der Waals surface area contributed by atoms with Crippen LogP contribution in [-0.4, -0.2) is 31.6 Å². The van der Waals surface area contributed by atoms with E-state index in [0.717, 1.165) is 0 Å². The number of anilines is 1. The maximum Gasteiger partial charge on any atom is 0.134 e. The van der Waals surface area contributed by atoms with Gasteiger partial charge in [0, 0.05) is 10.7 Å². The molecule has 2 atom stereocenters. The van der Waals surface area contributed by atoms with E-state index in [1.54, 1.807) is 18.2 Å². The summed E-state index contributed by atoms with van der Waals surface area (Å²) < 4.78 is 0. The van der Waals surface area contributed by atoms with Crippen LogP contribution in [0.1, 0.15) is 18.1 Å². The summed E-state index contributed by atoms with van der Waals surface area (Å²) in [5.41, 5.74) is 7.08. The van der Waals surface area contributed by atoms with Crippen LogP contribution in [-0.2, 0) is 0 Å². The van der Waals surface area contributed by atoms with Gasteiger partial charge in [-0.05, 0) is 24.1 Å². The van der Waals surface area contributed by atoms with Crippen LogP contribution < -0.4 is 5.73 Å². The molecule has 5 nitrogen and oxygen atoms in total. The molecule has 4 N–H and O–H groups in total. The Labute approximate surface area is 113 Å². The molecule has 0 saturated heterocycles. The molecule has 0 aliphatic carbocycles. The van der Waals surface area contributed by atoms with Crippen LogP contribution in [0.2, 0.25) is 0 Å². The summed E-state index contributed by atoms with van der Waals surface area (Å²) in [6.45, 7) is 0. The van der Waals surface area contributed by atoms with Gasteiger partial charge in [-0.15, -0.1) is 0 Å². The highest BCUT2D eigenvalue weighted by Crippen LogP contribution is 2.25. The number of hydrogen-bond acceptors (Lipinski definition) is 5. The Bertz CT molecular complexity index is 550. The average Bonchev–Trinajstić information content (AvgIpc) is 2.38. The van der Waals surface area contributed by atoms with Crippen molar-refractivity contribution in [2.24, 2.45) is 0 Å². The highest BCUT2D eigenvalue weighted by molar-refractivity contribution is 9.09. The molecular formula is C12H14BrN3O2. The Hall–Kier alpha value is -1.24. The van der Waals surface area contributed by atoms with Crippen LogP contribution in [0.4, 0.5) is 5.82 Å². The number of nitrogen functional groups attached to an aromatic ring is 1. The molecule has 0 spiro atoms. The van der Waals surface area contributed by atoms with Crippen molar-refractivity contribution in [2.75, 3.05) is 11.1 Å². The number of aliphatic hydroxyl groups excluding tert-OH is 2. The van der Waals surface area contributed by atoms with Crippen LogP contribution in [0.3, 0.4) is 0 Å². The maximum atomic E-state index is 10.0. The molecule has 6 heteroatoms. The van der Waals surface area contributed by atoms with Crippen molar-refractivity contribution >= 4 is 32.7 Å². The first-order valence-corrected chi connectivity index (χ1v) is 6.68. The Morgan fingerprint density at radius 3 is 2.78 bits per heavy atom. The van der Waals surface area contributed by atoms with Crippen LogP contribution in [0.25, 0.3) is 10.9 Å². The molecule has 18 heavy (non-hydrogen) atoms. The zero-order valence-corrected chi connectivity index (χ0v) is 11.2. The molecule has 0 aliphatic heterocycles. The minimum absolute atomic E-state index is 0.365. The van der Waals surface area contributed by atoms with Gasteiger partial charge in [0.15, 0.2) is 0 Å². The first-order valence-electron chi connectivity index (χ1n) is 5.55. The van der Waals surface area contributed by atoms with Gasteiger partial charge in [0.25, 0.3) is 0 Å². The first-order chi connectivity index (χ1) is 8.63. The Morgan fingerprint density at radius 1 is 1.28 bits per heavy atom.